The molecule has 0 saturated heterocycles. The Morgan fingerprint density at radius 1 is 0.733 bits per heavy atom. The molecular formula is C28H24O2. The molecule has 0 N–H and O–H groups in total. The van der Waals surface area contributed by atoms with Gasteiger partial charge in [-0.1, -0.05) is 80.1 Å². The van der Waals surface area contributed by atoms with Crippen molar-refractivity contribution in [3.05, 3.63) is 95.6 Å². The van der Waals surface area contributed by atoms with Crippen LogP contribution in [-0.4, -0.2) is 0 Å². The van der Waals surface area contributed by atoms with Gasteiger partial charge in [0.15, 0.2) is 23.0 Å². The first-order valence-electron chi connectivity index (χ1n) is 10.6. The molecule has 0 aromatic heterocycles. The molecule has 1 heterocycles. The van der Waals surface area contributed by atoms with Crippen molar-refractivity contribution in [3.63, 3.8) is 0 Å². The number of rotatable bonds is 1. The van der Waals surface area contributed by atoms with Crippen LogP contribution in [0.25, 0.3) is 11.1 Å². The van der Waals surface area contributed by atoms with E-state index >= 15 is 0 Å². The van der Waals surface area contributed by atoms with Crippen LogP contribution in [0.5, 0.6) is 23.0 Å². The third kappa shape index (κ3) is 2.43. The second-order valence-electron chi connectivity index (χ2n) is 9.13. The molecule has 2 nitrogen and oxygen atoms in total. The highest BCUT2D eigenvalue weighted by Crippen LogP contribution is 2.60. The van der Waals surface area contributed by atoms with E-state index in [0.717, 1.165) is 28.6 Å². The van der Waals surface area contributed by atoms with E-state index < -0.39 is 0 Å². The summed E-state index contributed by atoms with van der Waals surface area (Å²) in [5.74, 6) is 4.01. The summed E-state index contributed by atoms with van der Waals surface area (Å²) in [4.78, 5) is 0. The van der Waals surface area contributed by atoms with Crippen molar-refractivity contribution in [1.82, 2.24) is 0 Å². The maximum Gasteiger partial charge on any atom is 0.174 e. The van der Waals surface area contributed by atoms with Crippen molar-refractivity contribution in [2.24, 2.45) is 5.92 Å². The first-order chi connectivity index (χ1) is 14.5. The van der Waals surface area contributed by atoms with Crippen LogP contribution in [0.2, 0.25) is 0 Å². The largest absolute Gasteiger partial charge is 0.449 e. The lowest BCUT2D eigenvalue weighted by atomic mass is 9.74. The molecule has 0 spiro atoms. The minimum atomic E-state index is 0.0647. The molecule has 0 fully saturated rings. The third-order valence-corrected chi connectivity index (χ3v) is 6.92. The van der Waals surface area contributed by atoms with Gasteiger partial charge in [-0.15, -0.1) is 0 Å². The van der Waals surface area contributed by atoms with E-state index in [2.05, 4.69) is 93.6 Å². The second kappa shape index (κ2) is 6.12. The molecule has 6 rings (SSSR count). The molecule has 0 bridgehead atoms. The molecule has 2 atom stereocenters. The van der Waals surface area contributed by atoms with Gasteiger partial charge in [-0.25, -0.2) is 0 Å². The van der Waals surface area contributed by atoms with Crippen molar-refractivity contribution in [2.75, 3.05) is 0 Å². The smallest absolute Gasteiger partial charge is 0.174 e. The van der Waals surface area contributed by atoms with Gasteiger partial charge in [0.05, 0.1) is 0 Å². The molecule has 1 aliphatic heterocycles. The van der Waals surface area contributed by atoms with Crippen LogP contribution in [0.3, 0.4) is 0 Å². The first kappa shape index (κ1) is 17.6. The van der Waals surface area contributed by atoms with E-state index in [1.165, 1.54) is 22.3 Å². The van der Waals surface area contributed by atoms with Gasteiger partial charge in [-0.2, -0.15) is 0 Å². The Morgan fingerprint density at radius 2 is 1.47 bits per heavy atom. The summed E-state index contributed by atoms with van der Waals surface area (Å²) in [5.41, 5.74) is 6.26. The van der Waals surface area contributed by atoms with Gasteiger partial charge in [0.1, 0.15) is 0 Å². The zero-order valence-electron chi connectivity index (χ0n) is 17.5. The van der Waals surface area contributed by atoms with Crippen molar-refractivity contribution >= 4 is 0 Å². The van der Waals surface area contributed by atoms with Crippen molar-refractivity contribution in [1.29, 1.82) is 0 Å². The minimum Gasteiger partial charge on any atom is -0.449 e. The fourth-order valence-electron chi connectivity index (χ4n) is 5.24. The normalized spacial score (nSPS) is 21.7. The molecule has 30 heavy (non-hydrogen) atoms. The van der Waals surface area contributed by atoms with E-state index in [9.17, 15) is 0 Å². The maximum absolute atomic E-state index is 6.49. The Balaban J connectivity index is 1.43. The van der Waals surface area contributed by atoms with Crippen molar-refractivity contribution < 1.29 is 9.47 Å². The molecule has 0 radical (unpaired) electrons. The summed E-state index contributed by atoms with van der Waals surface area (Å²) >= 11 is 0. The zero-order chi connectivity index (χ0) is 20.5. The van der Waals surface area contributed by atoms with Crippen LogP contribution < -0.4 is 9.47 Å². The quantitative estimate of drug-likeness (QED) is 0.331. The summed E-state index contributed by atoms with van der Waals surface area (Å²) in [7, 11) is 0. The highest BCUT2D eigenvalue weighted by Gasteiger charge is 2.47. The fourth-order valence-corrected chi connectivity index (χ4v) is 5.24. The van der Waals surface area contributed by atoms with E-state index in [1.54, 1.807) is 0 Å². The highest BCUT2D eigenvalue weighted by atomic mass is 16.6. The lowest BCUT2D eigenvalue weighted by Crippen LogP contribution is -2.24. The van der Waals surface area contributed by atoms with Crippen LogP contribution >= 0.6 is 0 Å². The number of ether oxygens (including phenoxy) is 2. The fraction of sp³-hybridized carbons (Fsp3) is 0.214. The number of hydrogen-bond acceptors (Lipinski definition) is 2. The molecule has 3 aliphatic rings. The van der Waals surface area contributed by atoms with Crippen molar-refractivity contribution in [3.8, 4) is 34.1 Å². The Kier molecular flexibility index (Phi) is 3.59. The molecular weight excluding hydrogens is 368 g/mol. The monoisotopic (exact) mass is 392 g/mol. The standard InChI is InChI=1S/C28H24O2/c1-17-8-10-18(11-9-17)19-12-14-23-25(16-19)29-24-15-13-22-26(27(24)30-23)20-6-4-5-7-21(20)28(22,2)3/h4-16,20-21H,1-3H3. The molecule has 3 aromatic carbocycles. The highest BCUT2D eigenvalue weighted by molar-refractivity contribution is 5.71. The Labute approximate surface area is 177 Å². The molecule has 2 aliphatic carbocycles. The first-order valence-corrected chi connectivity index (χ1v) is 10.6. The zero-order valence-corrected chi connectivity index (χ0v) is 17.5. The van der Waals surface area contributed by atoms with E-state index in [-0.39, 0.29) is 5.41 Å². The van der Waals surface area contributed by atoms with Gasteiger partial charge >= 0.3 is 0 Å². The number of hydrogen-bond donors (Lipinski definition) is 0. The molecule has 3 aromatic rings. The number of benzene rings is 3. The van der Waals surface area contributed by atoms with Gasteiger partial charge in [-0.05, 0) is 53.1 Å². The van der Waals surface area contributed by atoms with Gasteiger partial charge in [0.2, 0.25) is 0 Å². The predicted molar refractivity (Wildman–Crippen MR) is 121 cm³/mol. The number of aryl methyl sites for hydroxylation is 1. The Morgan fingerprint density at radius 3 is 2.30 bits per heavy atom. The molecule has 0 amide bonds. The van der Waals surface area contributed by atoms with Crippen LogP contribution in [0.4, 0.5) is 0 Å². The predicted octanol–water partition coefficient (Wildman–Crippen LogP) is 7.68. The second-order valence-corrected chi connectivity index (χ2v) is 9.13. The van der Waals surface area contributed by atoms with Crippen LogP contribution in [-0.2, 0) is 5.41 Å². The minimum absolute atomic E-state index is 0.0647. The van der Waals surface area contributed by atoms with Gasteiger partial charge < -0.3 is 9.47 Å². The third-order valence-electron chi connectivity index (χ3n) is 6.92. The van der Waals surface area contributed by atoms with Gasteiger partial charge in [0, 0.05) is 11.5 Å². The topological polar surface area (TPSA) is 18.5 Å². The van der Waals surface area contributed by atoms with E-state index in [4.69, 9.17) is 9.47 Å². The van der Waals surface area contributed by atoms with Crippen LogP contribution in [0.1, 0.15) is 36.5 Å². The molecule has 148 valence electrons. The van der Waals surface area contributed by atoms with Gasteiger partial charge in [-0.3, -0.25) is 0 Å². The summed E-state index contributed by atoms with van der Waals surface area (Å²) in [6.45, 7) is 6.77. The summed E-state index contributed by atoms with van der Waals surface area (Å²) in [6, 6.07) is 19.1. The van der Waals surface area contributed by atoms with Gasteiger partial charge in [0.25, 0.3) is 0 Å². The number of fused-ring (bicyclic) bond motifs is 6. The molecule has 0 saturated carbocycles. The summed E-state index contributed by atoms with van der Waals surface area (Å²) in [5, 5.41) is 0. The Hall–Kier alpha value is -3.26. The lowest BCUT2D eigenvalue weighted by molar-refractivity contribution is 0.354. The average Bonchev–Trinajstić information content (AvgIpc) is 3.00. The van der Waals surface area contributed by atoms with E-state index in [1.807, 2.05) is 6.07 Å². The Bertz CT molecular complexity index is 1230. The summed E-state index contributed by atoms with van der Waals surface area (Å²) < 4.78 is 12.9. The summed E-state index contributed by atoms with van der Waals surface area (Å²) in [6.07, 6.45) is 8.96. The van der Waals surface area contributed by atoms with Crippen LogP contribution in [0, 0.1) is 12.8 Å². The average molecular weight is 392 g/mol. The van der Waals surface area contributed by atoms with Crippen molar-refractivity contribution in [2.45, 2.75) is 32.1 Å². The van der Waals surface area contributed by atoms with Crippen LogP contribution in [0.15, 0.2) is 78.9 Å². The lowest BCUT2D eigenvalue weighted by Gasteiger charge is -2.29. The maximum atomic E-state index is 6.49. The molecule has 2 heteroatoms. The molecule has 2 unspecified atom stereocenters. The van der Waals surface area contributed by atoms with E-state index in [0.29, 0.717) is 11.8 Å². The SMILES string of the molecule is Cc1ccc(-c2ccc3c(c2)Oc2ccc4c(c2O3)C2C=CC=CC2C4(C)C)cc1. The number of allylic oxidation sites excluding steroid dienone is 4.